The molecule has 18 heavy (non-hydrogen) atoms. The van der Waals surface area contributed by atoms with Crippen LogP contribution >= 0.6 is 11.6 Å². The van der Waals surface area contributed by atoms with Crippen molar-refractivity contribution in [2.24, 2.45) is 5.92 Å². The Labute approximate surface area is 111 Å². The van der Waals surface area contributed by atoms with Crippen molar-refractivity contribution >= 4 is 17.4 Å². The first kappa shape index (κ1) is 12.0. The average molecular weight is 266 g/mol. The van der Waals surface area contributed by atoms with Crippen LogP contribution in [0, 0.1) is 5.92 Å². The Bertz CT molecular complexity index is 481. The summed E-state index contributed by atoms with van der Waals surface area (Å²) >= 11 is 6.09. The third kappa shape index (κ3) is 2.13. The highest BCUT2D eigenvalue weighted by Gasteiger charge is 2.28. The quantitative estimate of drug-likeness (QED) is 0.835. The largest absolute Gasteiger partial charge is 0.492 e. The van der Waals surface area contributed by atoms with Gasteiger partial charge in [0.15, 0.2) is 5.78 Å². The molecule has 1 aromatic carbocycles. The van der Waals surface area contributed by atoms with Crippen LogP contribution < -0.4 is 10.1 Å². The summed E-state index contributed by atoms with van der Waals surface area (Å²) in [7, 11) is 0. The van der Waals surface area contributed by atoms with Crippen molar-refractivity contribution in [3.63, 3.8) is 0 Å². The number of benzene rings is 1. The van der Waals surface area contributed by atoms with E-state index in [0.717, 1.165) is 43.7 Å². The smallest absolute Gasteiger partial charge is 0.169 e. The second-order valence-electron chi connectivity index (χ2n) is 4.93. The van der Waals surface area contributed by atoms with E-state index >= 15 is 0 Å². The molecule has 2 aliphatic heterocycles. The van der Waals surface area contributed by atoms with Crippen molar-refractivity contribution in [2.45, 2.75) is 19.3 Å². The first-order chi connectivity index (χ1) is 8.75. The number of nitrogens with one attached hydrogen (secondary N) is 1. The number of hydrogen-bond donors (Lipinski definition) is 1. The SMILES string of the molecule is O=C(c1cc(Cl)cc2c1OCC2)C1CCNCC1. The van der Waals surface area contributed by atoms with Gasteiger partial charge in [-0.15, -0.1) is 0 Å². The van der Waals surface area contributed by atoms with Crippen molar-refractivity contribution in [3.8, 4) is 5.75 Å². The molecule has 0 spiro atoms. The molecule has 2 aliphatic rings. The Morgan fingerprint density at radius 3 is 2.89 bits per heavy atom. The van der Waals surface area contributed by atoms with E-state index in [1.54, 1.807) is 6.07 Å². The number of fused-ring (bicyclic) bond motifs is 1. The van der Waals surface area contributed by atoms with Crippen molar-refractivity contribution < 1.29 is 9.53 Å². The zero-order valence-electron chi connectivity index (χ0n) is 10.2. The van der Waals surface area contributed by atoms with E-state index in [1.807, 2.05) is 6.07 Å². The lowest BCUT2D eigenvalue weighted by Gasteiger charge is -2.22. The van der Waals surface area contributed by atoms with Crippen LogP contribution in [0.15, 0.2) is 12.1 Å². The molecule has 0 aliphatic carbocycles. The minimum Gasteiger partial charge on any atom is -0.492 e. The fourth-order valence-corrected chi connectivity index (χ4v) is 3.00. The van der Waals surface area contributed by atoms with Crippen molar-refractivity contribution in [1.82, 2.24) is 5.32 Å². The maximum atomic E-state index is 12.5. The van der Waals surface area contributed by atoms with Crippen LogP contribution in [0.1, 0.15) is 28.8 Å². The molecule has 0 bridgehead atoms. The summed E-state index contributed by atoms with van der Waals surface area (Å²) in [6.07, 6.45) is 2.66. The second kappa shape index (κ2) is 4.90. The van der Waals surface area contributed by atoms with Crippen molar-refractivity contribution in [2.75, 3.05) is 19.7 Å². The third-order valence-electron chi connectivity index (χ3n) is 3.72. The Hall–Kier alpha value is -1.06. The highest BCUT2D eigenvalue weighted by molar-refractivity contribution is 6.31. The molecule has 0 saturated carbocycles. The lowest BCUT2D eigenvalue weighted by Crippen LogP contribution is -2.32. The van der Waals surface area contributed by atoms with E-state index < -0.39 is 0 Å². The molecular formula is C14H16ClNO2. The molecule has 3 rings (SSSR count). The molecule has 0 radical (unpaired) electrons. The average Bonchev–Trinajstić information content (AvgIpc) is 2.86. The predicted octanol–water partition coefficient (Wildman–Crippen LogP) is 2.46. The third-order valence-corrected chi connectivity index (χ3v) is 3.94. The zero-order chi connectivity index (χ0) is 12.5. The van der Waals surface area contributed by atoms with Crippen LogP contribution in [0.3, 0.4) is 0 Å². The number of Topliss-reactive ketones (excluding diaryl/α,β-unsaturated/α-hetero) is 1. The fraction of sp³-hybridized carbons (Fsp3) is 0.500. The van der Waals surface area contributed by atoms with E-state index in [2.05, 4.69) is 5.32 Å². The van der Waals surface area contributed by atoms with Crippen molar-refractivity contribution in [3.05, 3.63) is 28.3 Å². The molecule has 0 unspecified atom stereocenters. The van der Waals surface area contributed by atoms with Crippen LogP contribution in [-0.4, -0.2) is 25.5 Å². The number of carbonyl (C=O) groups excluding carboxylic acids is 1. The van der Waals surface area contributed by atoms with Crippen LogP contribution in [0.4, 0.5) is 0 Å². The molecule has 3 nitrogen and oxygen atoms in total. The van der Waals surface area contributed by atoms with E-state index in [-0.39, 0.29) is 11.7 Å². The molecule has 1 fully saturated rings. The van der Waals surface area contributed by atoms with Crippen LogP contribution in [0.2, 0.25) is 5.02 Å². The number of ether oxygens (including phenoxy) is 1. The molecule has 1 aromatic rings. The molecule has 2 heterocycles. The Morgan fingerprint density at radius 2 is 2.11 bits per heavy atom. The van der Waals surface area contributed by atoms with Gasteiger partial charge in [0.25, 0.3) is 0 Å². The monoisotopic (exact) mass is 265 g/mol. The lowest BCUT2D eigenvalue weighted by molar-refractivity contribution is 0.0892. The molecule has 0 aromatic heterocycles. The topological polar surface area (TPSA) is 38.3 Å². The van der Waals surface area contributed by atoms with Crippen molar-refractivity contribution in [1.29, 1.82) is 0 Å². The van der Waals surface area contributed by atoms with Crippen LogP contribution in [-0.2, 0) is 6.42 Å². The van der Waals surface area contributed by atoms with Gasteiger partial charge in [0.2, 0.25) is 0 Å². The van der Waals surface area contributed by atoms with Gasteiger partial charge in [-0.1, -0.05) is 11.6 Å². The molecule has 0 atom stereocenters. The number of carbonyl (C=O) groups is 1. The van der Waals surface area contributed by atoms with E-state index in [4.69, 9.17) is 16.3 Å². The Kier molecular flexibility index (Phi) is 3.27. The first-order valence-corrected chi connectivity index (χ1v) is 6.83. The second-order valence-corrected chi connectivity index (χ2v) is 5.37. The summed E-state index contributed by atoms with van der Waals surface area (Å²) < 4.78 is 5.60. The van der Waals surface area contributed by atoms with Gasteiger partial charge >= 0.3 is 0 Å². The van der Waals surface area contributed by atoms with Crippen LogP contribution in [0.25, 0.3) is 0 Å². The number of hydrogen-bond acceptors (Lipinski definition) is 3. The molecule has 0 amide bonds. The minimum absolute atomic E-state index is 0.109. The number of ketones is 1. The molecule has 4 heteroatoms. The van der Waals surface area contributed by atoms with Gasteiger partial charge in [-0.05, 0) is 43.6 Å². The Balaban J connectivity index is 1.93. The normalized spacial score (nSPS) is 19.4. The summed E-state index contributed by atoms with van der Waals surface area (Å²) in [6, 6.07) is 3.67. The zero-order valence-corrected chi connectivity index (χ0v) is 10.9. The summed E-state index contributed by atoms with van der Waals surface area (Å²) in [6.45, 7) is 2.49. The van der Waals surface area contributed by atoms with E-state index in [9.17, 15) is 4.79 Å². The maximum Gasteiger partial charge on any atom is 0.169 e. The van der Waals surface area contributed by atoms with Gasteiger partial charge in [0.05, 0.1) is 12.2 Å². The first-order valence-electron chi connectivity index (χ1n) is 6.46. The summed E-state index contributed by atoms with van der Waals surface area (Å²) in [4.78, 5) is 12.5. The maximum absolute atomic E-state index is 12.5. The molecule has 96 valence electrons. The minimum atomic E-state index is 0.109. The standard InChI is InChI=1S/C14H16ClNO2/c15-11-7-10-3-6-18-14(10)12(8-11)13(17)9-1-4-16-5-2-9/h7-9,16H,1-6H2. The van der Waals surface area contributed by atoms with Gasteiger partial charge < -0.3 is 10.1 Å². The fourth-order valence-electron chi connectivity index (χ4n) is 2.76. The van der Waals surface area contributed by atoms with E-state index in [1.165, 1.54) is 0 Å². The summed E-state index contributed by atoms with van der Waals surface area (Å²) in [5, 5.41) is 3.91. The molecular weight excluding hydrogens is 250 g/mol. The number of halogens is 1. The van der Waals surface area contributed by atoms with Crippen LogP contribution in [0.5, 0.6) is 5.75 Å². The lowest BCUT2D eigenvalue weighted by atomic mass is 9.88. The van der Waals surface area contributed by atoms with Gasteiger partial charge in [0.1, 0.15) is 5.75 Å². The van der Waals surface area contributed by atoms with Gasteiger partial charge in [-0.25, -0.2) is 0 Å². The molecule has 1 saturated heterocycles. The summed E-state index contributed by atoms with van der Waals surface area (Å²) in [5.74, 6) is 1.07. The van der Waals surface area contributed by atoms with Gasteiger partial charge in [-0.2, -0.15) is 0 Å². The molecule has 1 N–H and O–H groups in total. The summed E-state index contributed by atoms with van der Waals surface area (Å²) in [5.41, 5.74) is 1.75. The number of rotatable bonds is 2. The van der Waals surface area contributed by atoms with Gasteiger partial charge in [0, 0.05) is 17.4 Å². The number of piperidine rings is 1. The Morgan fingerprint density at radius 1 is 1.33 bits per heavy atom. The highest BCUT2D eigenvalue weighted by Crippen LogP contribution is 2.35. The van der Waals surface area contributed by atoms with E-state index in [0.29, 0.717) is 17.2 Å². The highest BCUT2D eigenvalue weighted by atomic mass is 35.5. The van der Waals surface area contributed by atoms with Gasteiger partial charge in [-0.3, -0.25) is 4.79 Å². The predicted molar refractivity (Wildman–Crippen MR) is 70.6 cm³/mol.